The third-order valence-corrected chi connectivity index (χ3v) is 4.76. The number of benzene rings is 2. The molecule has 134 valence electrons. The van der Waals surface area contributed by atoms with Crippen LogP contribution in [0.15, 0.2) is 48.5 Å². The first-order valence-corrected chi connectivity index (χ1v) is 8.95. The number of nitrogens with zero attached hydrogens (tertiary/aromatic N) is 2. The minimum atomic E-state index is -0.186. The Labute approximate surface area is 153 Å². The van der Waals surface area contributed by atoms with Gasteiger partial charge in [0, 0.05) is 30.9 Å². The second-order valence-corrected chi connectivity index (χ2v) is 6.66. The van der Waals surface area contributed by atoms with Gasteiger partial charge in [-0.1, -0.05) is 12.1 Å². The number of piperidine rings is 1. The Bertz CT molecular complexity index is 770. The van der Waals surface area contributed by atoms with Gasteiger partial charge in [-0.05, 0) is 61.2 Å². The summed E-state index contributed by atoms with van der Waals surface area (Å²) in [4.78, 5) is 14.6. The van der Waals surface area contributed by atoms with E-state index in [9.17, 15) is 9.90 Å². The van der Waals surface area contributed by atoms with Crippen molar-refractivity contribution in [1.29, 1.82) is 5.26 Å². The molecule has 0 atom stereocenters. The van der Waals surface area contributed by atoms with Crippen molar-refractivity contribution in [3.05, 3.63) is 65.2 Å². The van der Waals surface area contributed by atoms with E-state index in [1.54, 1.807) is 24.3 Å². The van der Waals surface area contributed by atoms with Crippen molar-refractivity contribution < 1.29 is 9.90 Å². The summed E-state index contributed by atoms with van der Waals surface area (Å²) < 4.78 is 0. The van der Waals surface area contributed by atoms with Crippen LogP contribution in [0.1, 0.15) is 34.3 Å². The molecule has 0 unspecified atom stereocenters. The molecule has 1 aliphatic heterocycles. The fourth-order valence-corrected chi connectivity index (χ4v) is 3.08. The maximum Gasteiger partial charge on any atom is 0.255 e. The largest absolute Gasteiger partial charge is 0.393 e. The number of aliphatic hydroxyl groups is 1. The Morgan fingerprint density at radius 2 is 1.77 bits per heavy atom. The van der Waals surface area contributed by atoms with Gasteiger partial charge in [0.1, 0.15) is 0 Å². The van der Waals surface area contributed by atoms with Crippen molar-refractivity contribution in [3.8, 4) is 6.07 Å². The SMILES string of the molecule is N#Cc1ccc(C(=O)Nc2ccc(CCN3CCC(O)CC3)cc2)cc1. The van der Waals surface area contributed by atoms with Crippen molar-refractivity contribution in [3.63, 3.8) is 0 Å². The molecule has 5 nitrogen and oxygen atoms in total. The van der Waals surface area contributed by atoms with E-state index in [1.807, 2.05) is 30.3 Å². The topological polar surface area (TPSA) is 76.4 Å². The highest BCUT2D eigenvalue weighted by molar-refractivity contribution is 6.04. The normalized spacial score (nSPS) is 15.4. The molecule has 0 saturated carbocycles. The van der Waals surface area contributed by atoms with Gasteiger partial charge in [0.15, 0.2) is 0 Å². The summed E-state index contributed by atoms with van der Waals surface area (Å²) in [6, 6.07) is 16.5. The van der Waals surface area contributed by atoms with Crippen molar-refractivity contribution in [2.45, 2.75) is 25.4 Å². The number of hydrogen-bond donors (Lipinski definition) is 2. The molecule has 26 heavy (non-hydrogen) atoms. The number of amides is 1. The van der Waals surface area contributed by atoms with E-state index in [1.165, 1.54) is 5.56 Å². The second-order valence-electron chi connectivity index (χ2n) is 6.66. The highest BCUT2D eigenvalue weighted by Crippen LogP contribution is 2.14. The highest BCUT2D eigenvalue weighted by atomic mass is 16.3. The van der Waals surface area contributed by atoms with Crippen molar-refractivity contribution in [2.75, 3.05) is 25.0 Å². The zero-order valence-corrected chi connectivity index (χ0v) is 14.7. The third kappa shape index (κ3) is 4.92. The number of nitriles is 1. The quantitative estimate of drug-likeness (QED) is 0.870. The lowest BCUT2D eigenvalue weighted by Crippen LogP contribution is -2.37. The fourth-order valence-electron chi connectivity index (χ4n) is 3.08. The lowest BCUT2D eigenvalue weighted by molar-refractivity contribution is 0.0832. The molecule has 5 heteroatoms. The number of likely N-dealkylation sites (tertiary alicyclic amines) is 1. The van der Waals surface area contributed by atoms with E-state index < -0.39 is 0 Å². The smallest absolute Gasteiger partial charge is 0.255 e. The van der Waals surface area contributed by atoms with Gasteiger partial charge in [-0.25, -0.2) is 0 Å². The molecule has 0 spiro atoms. The third-order valence-electron chi connectivity index (χ3n) is 4.76. The minimum Gasteiger partial charge on any atom is -0.393 e. The summed E-state index contributed by atoms with van der Waals surface area (Å²) in [5, 5.41) is 21.2. The molecule has 0 bridgehead atoms. The first kappa shape index (κ1) is 18.1. The summed E-state index contributed by atoms with van der Waals surface area (Å²) in [6.07, 6.45) is 2.55. The second kappa shape index (κ2) is 8.61. The van der Waals surface area contributed by atoms with Crippen LogP contribution >= 0.6 is 0 Å². The number of carbonyl (C=O) groups excluding carboxylic acids is 1. The molecule has 1 aliphatic rings. The Kier molecular flexibility index (Phi) is 6.00. The van der Waals surface area contributed by atoms with Crippen LogP contribution in [-0.4, -0.2) is 41.7 Å². The fraction of sp³-hybridized carbons (Fsp3) is 0.333. The van der Waals surface area contributed by atoms with E-state index in [2.05, 4.69) is 10.2 Å². The average molecular weight is 349 g/mol. The summed E-state index contributed by atoms with van der Waals surface area (Å²) in [5.41, 5.74) is 3.05. The first-order chi connectivity index (χ1) is 12.6. The van der Waals surface area contributed by atoms with Crippen molar-refractivity contribution in [2.24, 2.45) is 0 Å². The lowest BCUT2D eigenvalue weighted by Gasteiger charge is -2.29. The van der Waals surface area contributed by atoms with Crippen LogP contribution in [0.5, 0.6) is 0 Å². The molecule has 2 N–H and O–H groups in total. The zero-order valence-electron chi connectivity index (χ0n) is 14.7. The van der Waals surface area contributed by atoms with E-state index in [0.29, 0.717) is 11.1 Å². The van der Waals surface area contributed by atoms with Crippen LogP contribution < -0.4 is 5.32 Å². The van der Waals surface area contributed by atoms with Gasteiger partial charge >= 0.3 is 0 Å². The molecule has 2 aromatic carbocycles. The Balaban J connectivity index is 1.50. The number of hydrogen-bond acceptors (Lipinski definition) is 4. The molecule has 2 aromatic rings. The molecule has 0 aromatic heterocycles. The molecule has 1 fully saturated rings. The molecule has 0 aliphatic carbocycles. The average Bonchev–Trinajstić information content (AvgIpc) is 2.68. The Hall–Kier alpha value is -2.68. The van der Waals surface area contributed by atoms with E-state index in [-0.39, 0.29) is 12.0 Å². The number of carbonyl (C=O) groups is 1. The molecule has 1 heterocycles. The lowest BCUT2D eigenvalue weighted by atomic mass is 10.1. The Morgan fingerprint density at radius 3 is 2.38 bits per heavy atom. The summed E-state index contributed by atoms with van der Waals surface area (Å²) in [5.74, 6) is -0.186. The van der Waals surface area contributed by atoms with E-state index >= 15 is 0 Å². The summed E-state index contributed by atoms with van der Waals surface area (Å²) >= 11 is 0. The van der Waals surface area contributed by atoms with Crippen LogP contribution in [0.4, 0.5) is 5.69 Å². The monoisotopic (exact) mass is 349 g/mol. The van der Waals surface area contributed by atoms with Crippen molar-refractivity contribution in [1.82, 2.24) is 4.90 Å². The molecule has 1 amide bonds. The van der Waals surface area contributed by atoms with E-state index in [4.69, 9.17) is 5.26 Å². The predicted molar refractivity (Wildman–Crippen MR) is 101 cm³/mol. The van der Waals surface area contributed by atoms with Crippen LogP contribution in [-0.2, 0) is 6.42 Å². The summed E-state index contributed by atoms with van der Waals surface area (Å²) in [7, 11) is 0. The number of nitrogens with one attached hydrogen (secondary N) is 1. The number of rotatable bonds is 5. The molecule has 1 saturated heterocycles. The maximum atomic E-state index is 12.2. The summed E-state index contributed by atoms with van der Waals surface area (Å²) in [6.45, 7) is 2.91. The van der Waals surface area contributed by atoms with Gasteiger partial charge in [-0.15, -0.1) is 0 Å². The van der Waals surface area contributed by atoms with Crippen LogP contribution in [0.3, 0.4) is 0 Å². The van der Waals surface area contributed by atoms with Gasteiger partial charge in [-0.3, -0.25) is 4.79 Å². The van der Waals surface area contributed by atoms with Gasteiger partial charge in [0.25, 0.3) is 5.91 Å². The van der Waals surface area contributed by atoms with Gasteiger partial charge < -0.3 is 15.3 Å². The minimum absolute atomic E-state index is 0.134. The molecular formula is C21H23N3O2. The Morgan fingerprint density at radius 1 is 1.12 bits per heavy atom. The molecule has 0 radical (unpaired) electrons. The van der Waals surface area contributed by atoms with Gasteiger partial charge in [-0.2, -0.15) is 5.26 Å². The maximum absolute atomic E-state index is 12.2. The predicted octanol–water partition coefficient (Wildman–Crippen LogP) is 2.81. The molecular weight excluding hydrogens is 326 g/mol. The van der Waals surface area contributed by atoms with Crippen LogP contribution in [0.25, 0.3) is 0 Å². The number of anilines is 1. The zero-order chi connectivity index (χ0) is 18.4. The van der Waals surface area contributed by atoms with Crippen LogP contribution in [0.2, 0.25) is 0 Å². The van der Waals surface area contributed by atoms with Crippen molar-refractivity contribution >= 4 is 11.6 Å². The van der Waals surface area contributed by atoms with Gasteiger partial charge in [0.2, 0.25) is 0 Å². The van der Waals surface area contributed by atoms with E-state index in [0.717, 1.165) is 44.6 Å². The molecule has 3 rings (SSSR count). The first-order valence-electron chi connectivity index (χ1n) is 8.95. The highest BCUT2D eigenvalue weighted by Gasteiger charge is 2.16. The van der Waals surface area contributed by atoms with Crippen LogP contribution in [0, 0.1) is 11.3 Å². The number of aliphatic hydroxyl groups excluding tert-OH is 1. The van der Waals surface area contributed by atoms with Gasteiger partial charge in [0.05, 0.1) is 17.7 Å². The standard InChI is InChI=1S/C21H23N3O2/c22-15-17-1-5-18(6-2-17)21(26)23-19-7-3-16(4-8-19)9-12-24-13-10-20(25)11-14-24/h1-8,20,25H,9-14H2,(H,23,26).